The Labute approximate surface area is 107 Å². The van der Waals surface area contributed by atoms with Crippen LogP contribution in [0.25, 0.3) is 0 Å². The summed E-state index contributed by atoms with van der Waals surface area (Å²) in [5, 5.41) is 3.88. The Morgan fingerprint density at radius 3 is 2.82 bits per heavy atom. The Kier molecular flexibility index (Phi) is 3.74. The molecule has 1 aromatic carbocycles. The molecule has 0 amide bonds. The van der Waals surface area contributed by atoms with Gasteiger partial charge in [0.15, 0.2) is 0 Å². The van der Waals surface area contributed by atoms with Crippen LogP contribution in [0.1, 0.15) is 42.5 Å². The van der Waals surface area contributed by atoms with Gasteiger partial charge in [-0.05, 0) is 61.9 Å². The number of hydrogen-bond acceptors (Lipinski definition) is 1. The zero-order valence-electron chi connectivity index (χ0n) is 10.6. The highest BCUT2D eigenvalue weighted by Crippen LogP contribution is 2.38. The quantitative estimate of drug-likeness (QED) is 0.748. The first-order valence-electron chi connectivity index (χ1n) is 6.19. The third kappa shape index (κ3) is 2.34. The van der Waals surface area contributed by atoms with Crippen molar-refractivity contribution in [3.8, 4) is 0 Å². The summed E-state index contributed by atoms with van der Waals surface area (Å²) in [5.41, 5.74) is 2.97. The number of benzene rings is 1. The van der Waals surface area contributed by atoms with Crippen LogP contribution in [0.4, 0.5) is 4.39 Å². The lowest BCUT2D eigenvalue weighted by Gasteiger charge is -2.22. The second-order valence-corrected chi connectivity index (χ2v) is 5.49. The molecule has 1 nitrogen and oxygen atoms in total. The van der Waals surface area contributed by atoms with E-state index in [-0.39, 0.29) is 11.9 Å². The molecule has 94 valence electrons. The summed E-state index contributed by atoms with van der Waals surface area (Å²) in [7, 11) is 1.94. The predicted molar refractivity (Wildman–Crippen MR) is 70.0 cm³/mol. The molecular weight excluding hydrogens is 237 g/mol. The van der Waals surface area contributed by atoms with Crippen molar-refractivity contribution in [2.45, 2.75) is 39.2 Å². The van der Waals surface area contributed by atoms with Crippen molar-refractivity contribution in [2.24, 2.45) is 5.92 Å². The Bertz CT molecular complexity index is 431. The molecule has 3 heteroatoms. The first kappa shape index (κ1) is 12.8. The van der Waals surface area contributed by atoms with Crippen molar-refractivity contribution in [1.29, 1.82) is 0 Å². The summed E-state index contributed by atoms with van der Waals surface area (Å²) in [4.78, 5) is 0. The predicted octanol–water partition coefficient (Wildman–Crippen LogP) is 4.02. The van der Waals surface area contributed by atoms with Crippen molar-refractivity contribution in [1.82, 2.24) is 5.32 Å². The van der Waals surface area contributed by atoms with Crippen LogP contribution < -0.4 is 5.32 Å². The van der Waals surface area contributed by atoms with Gasteiger partial charge in [-0.3, -0.25) is 0 Å². The zero-order chi connectivity index (χ0) is 12.6. The van der Waals surface area contributed by atoms with Gasteiger partial charge in [-0.2, -0.15) is 0 Å². The lowest BCUT2D eigenvalue weighted by molar-refractivity contribution is 0.426. The van der Waals surface area contributed by atoms with E-state index in [1.165, 1.54) is 6.07 Å². The third-order valence-electron chi connectivity index (χ3n) is 3.85. The highest BCUT2D eigenvalue weighted by Gasteiger charge is 2.26. The van der Waals surface area contributed by atoms with Crippen LogP contribution in [0, 0.1) is 18.7 Å². The van der Waals surface area contributed by atoms with Gasteiger partial charge in [0.25, 0.3) is 0 Å². The summed E-state index contributed by atoms with van der Waals surface area (Å²) in [6, 6.07) is 1.68. The highest BCUT2D eigenvalue weighted by atomic mass is 35.5. The maximum atomic E-state index is 13.8. The lowest BCUT2D eigenvalue weighted by atomic mass is 9.93. The Balaban J connectivity index is 2.59. The summed E-state index contributed by atoms with van der Waals surface area (Å²) < 4.78 is 13.8. The van der Waals surface area contributed by atoms with Gasteiger partial charge < -0.3 is 5.32 Å². The minimum absolute atomic E-state index is 0.191. The molecular formula is C14H19ClFN. The Hall–Kier alpha value is -0.600. The zero-order valence-corrected chi connectivity index (χ0v) is 11.4. The van der Waals surface area contributed by atoms with E-state index in [1.54, 1.807) is 0 Å². The summed E-state index contributed by atoms with van der Waals surface area (Å²) in [6.45, 7) is 4.10. The van der Waals surface area contributed by atoms with Crippen LogP contribution in [0.5, 0.6) is 0 Å². The van der Waals surface area contributed by atoms with E-state index in [0.717, 1.165) is 36.0 Å². The number of nitrogens with one attached hydrogen (secondary N) is 1. The molecule has 0 saturated carbocycles. The van der Waals surface area contributed by atoms with Crippen LogP contribution in [-0.4, -0.2) is 7.05 Å². The maximum absolute atomic E-state index is 13.8. The summed E-state index contributed by atoms with van der Waals surface area (Å²) in [6.07, 6.45) is 3.12. The van der Waals surface area contributed by atoms with E-state index in [4.69, 9.17) is 11.6 Å². The standard InChI is InChI=1S/C14H19ClFN/c1-8-4-5-10-11(15)7-12(16)9(2)14(10)13(6-8)17-3/h7-8,13,17H,4-6H2,1-3H3. The highest BCUT2D eigenvalue weighted by molar-refractivity contribution is 6.31. The fourth-order valence-corrected chi connectivity index (χ4v) is 3.10. The van der Waals surface area contributed by atoms with Gasteiger partial charge in [-0.1, -0.05) is 18.5 Å². The average Bonchev–Trinajstić information content (AvgIpc) is 2.45. The van der Waals surface area contributed by atoms with E-state index in [0.29, 0.717) is 10.9 Å². The second-order valence-electron chi connectivity index (χ2n) is 5.08. The molecule has 1 aliphatic carbocycles. The van der Waals surface area contributed by atoms with Gasteiger partial charge in [-0.15, -0.1) is 0 Å². The van der Waals surface area contributed by atoms with E-state index in [1.807, 2.05) is 14.0 Å². The molecule has 17 heavy (non-hydrogen) atoms. The smallest absolute Gasteiger partial charge is 0.127 e. The van der Waals surface area contributed by atoms with Crippen LogP contribution in [-0.2, 0) is 6.42 Å². The van der Waals surface area contributed by atoms with Crippen LogP contribution in [0.15, 0.2) is 6.07 Å². The van der Waals surface area contributed by atoms with E-state index >= 15 is 0 Å². The van der Waals surface area contributed by atoms with Gasteiger partial charge in [0.2, 0.25) is 0 Å². The second kappa shape index (κ2) is 4.95. The van der Waals surface area contributed by atoms with Crippen LogP contribution >= 0.6 is 11.6 Å². The number of rotatable bonds is 1. The van der Waals surface area contributed by atoms with Crippen LogP contribution in [0.2, 0.25) is 5.02 Å². The van der Waals surface area contributed by atoms with Gasteiger partial charge in [0.05, 0.1) is 0 Å². The molecule has 0 spiro atoms. The Morgan fingerprint density at radius 1 is 1.47 bits per heavy atom. The van der Waals surface area contributed by atoms with Crippen molar-refractivity contribution in [3.63, 3.8) is 0 Å². The molecule has 1 N–H and O–H groups in total. The molecule has 2 atom stereocenters. The molecule has 2 unspecified atom stereocenters. The van der Waals surface area contributed by atoms with Crippen molar-refractivity contribution >= 4 is 11.6 Å². The first-order chi connectivity index (χ1) is 8.04. The first-order valence-corrected chi connectivity index (χ1v) is 6.57. The molecule has 2 rings (SSSR count). The molecule has 0 saturated heterocycles. The van der Waals surface area contributed by atoms with Gasteiger partial charge in [-0.25, -0.2) is 4.39 Å². The molecule has 0 radical (unpaired) electrons. The minimum atomic E-state index is -0.191. The van der Waals surface area contributed by atoms with Gasteiger partial charge >= 0.3 is 0 Å². The molecule has 0 heterocycles. The molecule has 1 aliphatic rings. The molecule has 0 aromatic heterocycles. The van der Waals surface area contributed by atoms with E-state index in [2.05, 4.69) is 12.2 Å². The fourth-order valence-electron chi connectivity index (χ4n) is 2.81. The maximum Gasteiger partial charge on any atom is 0.127 e. The fraction of sp³-hybridized carbons (Fsp3) is 0.571. The van der Waals surface area contributed by atoms with E-state index < -0.39 is 0 Å². The normalized spacial score (nSPS) is 24.3. The van der Waals surface area contributed by atoms with Crippen LogP contribution in [0.3, 0.4) is 0 Å². The Morgan fingerprint density at radius 2 is 2.18 bits per heavy atom. The topological polar surface area (TPSA) is 12.0 Å². The van der Waals surface area contributed by atoms with Crippen molar-refractivity contribution in [3.05, 3.63) is 33.6 Å². The molecule has 0 fully saturated rings. The van der Waals surface area contributed by atoms with E-state index in [9.17, 15) is 4.39 Å². The average molecular weight is 256 g/mol. The minimum Gasteiger partial charge on any atom is -0.313 e. The van der Waals surface area contributed by atoms with Gasteiger partial charge in [0.1, 0.15) is 5.82 Å². The molecule has 1 aromatic rings. The molecule has 0 bridgehead atoms. The largest absolute Gasteiger partial charge is 0.313 e. The van der Waals surface area contributed by atoms with Crippen molar-refractivity contribution in [2.75, 3.05) is 7.05 Å². The number of hydrogen-bond donors (Lipinski definition) is 1. The molecule has 0 aliphatic heterocycles. The summed E-state index contributed by atoms with van der Waals surface area (Å²) in [5.74, 6) is 0.446. The number of fused-ring (bicyclic) bond motifs is 1. The SMILES string of the molecule is CNC1CC(C)CCc2c(Cl)cc(F)c(C)c21. The monoisotopic (exact) mass is 255 g/mol. The van der Waals surface area contributed by atoms with Gasteiger partial charge in [0, 0.05) is 11.1 Å². The third-order valence-corrected chi connectivity index (χ3v) is 4.19. The summed E-state index contributed by atoms with van der Waals surface area (Å²) >= 11 is 6.19. The lowest BCUT2D eigenvalue weighted by Crippen LogP contribution is -2.20. The van der Waals surface area contributed by atoms with Crippen molar-refractivity contribution < 1.29 is 4.39 Å². The number of halogens is 2.